The van der Waals surface area contributed by atoms with Crippen molar-refractivity contribution in [2.75, 3.05) is 0 Å². The Morgan fingerprint density at radius 3 is 1.00 bits per heavy atom. The van der Waals surface area contributed by atoms with E-state index < -0.39 is 0 Å². The van der Waals surface area contributed by atoms with Crippen LogP contribution in [0.1, 0.15) is 0 Å². The molecule has 5 heavy (non-hydrogen) atoms. The van der Waals surface area contributed by atoms with Crippen LogP contribution in [-0.4, -0.2) is 0 Å². The summed E-state index contributed by atoms with van der Waals surface area (Å²) in [5.41, 5.74) is 0. The van der Waals surface area contributed by atoms with E-state index in [1.165, 1.54) is 0 Å². The predicted octanol–water partition coefficient (Wildman–Crippen LogP) is -0.0125. The van der Waals surface area contributed by atoms with Crippen molar-refractivity contribution in [1.29, 1.82) is 0 Å². The monoisotopic (exact) mass is 449 g/mol. The van der Waals surface area contributed by atoms with E-state index in [1.807, 2.05) is 0 Å². The van der Waals surface area contributed by atoms with Crippen LogP contribution >= 0.6 is 0 Å². The van der Waals surface area contributed by atoms with Crippen LogP contribution in [0.2, 0.25) is 0 Å². The van der Waals surface area contributed by atoms with E-state index in [2.05, 4.69) is 0 Å². The molecule has 0 aliphatic carbocycles. The van der Waals surface area contributed by atoms with E-state index in [4.69, 9.17) is 0 Å². The smallest absolute Gasteiger partial charge is 0 e. The van der Waals surface area contributed by atoms with E-state index in [9.17, 15) is 0 Å². The summed E-state index contributed by atoms with van der Waals surface area (Å²) in [6.07, 6.45) is 0. The van der Waals surface area contributed by atoms with Crippen LogP contribution in [0.4, 0.5) is 0 Å². The first kappa shape index (κ1) is 44.3. The Morgan fingerprint density at radius 1 is 1.00 bits per heavy atom. The van der Waals surface area contributed by atoms with Crippen molar-refractivity contribution >= 4 is 0 Å². The van der Waals surface area contributed by atoms with Gasteiger partial charge in [-0.1, -0.05) is 0 Å². The molecule has 0 spiro atoms. The Kier molecular flexibility index (Phi) is 251. The molecule has 1 radical (unpaired) electrons. The Hall–Kier alpha value is 2.94. The summed E-state index contributed by atoms with van der Waals surface area (Å²) < 4.78 is 0. The fourth-order valence-corrected chi connectivity index (χ4v) is 0. The second-order valence-corrected chi connectivity index (χ2v) is 0. The van der Waals surface area contributed by atoms with Crippen LogP contribution in [0.15, 0.2) is 0 Å². The summed E-state index contributed by atoms with van der Waals surface area (Å²) in [6, 6.07) is 0. The Morgan fingerprint density at radius 2 is 1.00 bits per heavy atom. The summed E-state index contributed by atoms with van der Waals surface area (Å²) in [5.74, 6) is 0. The van der Waals surface area contributed by atoms with Gasteiger partial charge >= 0.3 is 0 Å². The van der Waals surface area contributed by atoms with Gasteiger partial charge in [-0.25, -0.2) is 0 Å². The first-order valence-corrected chi connectivity index (χ1v) is 0. The van der Waals surface area contributed by atoms with E-state index in [0.717, 1.165) is 0 Å². The molecule has 0 rings (SSSR count). The van der Waals surface area contributed by atoms with Gasteiger partial charge in [0.05, 0.1) is 0 Å². The number of hydrogen-bond acceptors (Lipinski definition) is 0. The molecule has 5 heteroatoms. The van der Waals surface area contributed by atoms with Crippen molar-refractivity contribution in [2.45, 2.75) is 0 Å². The van der Waals surface area contributed by atoms with Gasteiger partial charge in [-0.2, -0.15) is 0 Å². The molecule has 0 aromatic carbocycles. The topological polar surface area (TPSA) is 0 Å². The molecule has 35 valence electrons. The van der Waals surface area contributed by atoms with E-state index in [0.29, 0.717) is 0 Å². The first-order chi connectivity index (χ1) is 0. The Labute approximate surface area is 91.9 Å². The molecular weight excluding hydrogens is 447 g/mol. The normalized spacial score (nSPS) is 0. The molecule has 0 atom stereocenters. The second kappa shape index (κ2) is 28.4. The molecule has 0 saturated carbocycles. The first-order valence-electron chi connectivity index (χ1n) is 0. The van der Waals surface area contributed by atoms with Crippen molar-refractivity contribution in [1.82, 2.24) is 0 Å². The predicted molar refractivity (Wildman–Crippen MR) is 0 cm³/mol. The molecule has 0 aromatic rings. The zero-order valence-electron chi connectivity index (χ0n) is 1.91. The minimum Gasteiger partial charge on any atom is 0 e. The van der Waals surface area contributed by atoms with Gasteiger partial charge < -0.3 is 0 Å². The summed E-state index contributed by atoms with van der Waals surface area (Å²) in [6.45, 7) is 0. The molecule has 0 aromatic heterocycles. The van der Waals surface area contributed by atoms with Crippen molar-refractivity contribution in [3.05, 3.63) is 0 Å². The standard InChI is InChI=1S/Co.Cr.Fe.Mo.W. The molecule has 0 bridgehead atoms. The maximum absolute atomic E-state index is 0. The Balaban J connectivity index is 0. The Bertz CT molecular complexity index is 11.6. The van der Waals surface area contributed by atoms with Crippen molar-refractivity contribution < 1.29 is 93.3 Å². The largest absolute Gasteiger partial charge is 0 e. The van der Waals surface area contributed by atoms with Crippen LogP contribution in [0, 0.1) is 0 Å². The van der Waals surface area contributed by atoms with E-state index >= 15 is 0 Å². The van der Waals surface area contributed by atoms with Crippen LogP contribution in [0.5, 0.6) is 0 Å². The molecular formula is CoCrFeMoW. The van der Waals surface area contributed by atoms with Crippen LogP contribution in [0.25, 0.3) is 0 Å². The zero-order valence-corrected chi connectivity index (χ0v) is 10.3. The third-order valence-corrected chi connectivity index (χ3v) is 0. The van der Waals surface area contributed by atoms with Gasteiger partial charge in [-0.05, 0) is 0 Å². The molecule has 0 fully saturated rings. The number of hydrogen-bond donors (Lipinski definition) is 0. The molecule has 0 unspecified atom stereocenters. The fraction of sp³-hybridized carbons (Fsp3) is 0. The molecule has 0 amide bonds. The molecule has 0 nitrogen and oxygen atoms in total. The molecule has 0 saturated heterocycles. The van der Waals surface area contributed by atoms with Crippen LogP contribution in [0.3, 0.4) is 0 Å². The van der Waals surface area contributed by atoms with Gasteiger partial charge in [0, 0.05) is 93.3 Å². The molecule has 0 N–H and O–H groups in total. The van der Waals surface area contributed by atoms with E-state index in [1.54, 1.807) is 0 Å². The number of rotatable bonds is 0. The minimum atomic E-state index is 0. The maximum Gasteiger partial charge on any atom is 0 e. The van der Waals surface area contributed by atoms with Gasteiger partial charge in [0.15, 0.2) is 0 Å². The van der Waals surface area contributed by atoms with Crippen molar-refractivity contribution in [3.8, 4) is 0 Å². The SMILES string of the molecule is [Co].[Cr].[Fe].[Mo].[W]. The summed E-state index contributed by atoms with van der Waals surface area (Å²) in [4.78, 5) is 0. The summed E-state index contributed by atoms with van der Waals surface area (Å²) >= 11 is 0. The van der Waals surface area contributed by atoms with E-state index in [-0.39, 0.29) is 93.3 Å². The third-order valence-electron chi connectivity index (χ3n) is 0. The summed E-state index contributed by atoms with van der Waals surface area (Å²) in [5, 5.41) is 0. The van der Waals surface area contributed by atoms with Crippen molar-refractivity contribution in [3.63, 3.8) is 0 Å². The van der Waals surface area contributed by atoms with Gasteiger partial charge in [0.1, 0.15) is 0 Å². The molecule has 0 heterocycles. The molecule has 0 aliphatic heterocycles. The quantitative estimate of drug-likeness (QED) is 0.460. The summed E-state index contributed by atoms with van der Waals surface area (Å²) in [7, 11) is 0. The van der Waals surface area contributed by atoms with Crippen molar-refractivity contribution in [2.24, 2.45) is 0 Å². The molecule has 0 aliphatic rings. The zero-order chi connectivity index (χ0) is 0. The van der Waals surface area contributed by atoms with Gasteiger partial charge in [0.25, 0.3) is 0 Å². The van der Waals surface area contributed by atoms with Gasteiger partial charge in [0.2, 0.25) is 0 Å². The van der Waals surface area contributed by atoms with Crippen LogP contribution < -0.4 is 0 Å². The average molecular weight is 447 g/mol. The van der Waals surface area contributed by atoms with Gasteiger partial charge in [-0.15, -0.1) is 0 Å². The maximum atomic E-state index is 0. The van der Waals surface area contributed by atoms with Gasteiger partial charge in [-0.3, -0.25) is 0 Å². The van der Waals surface area contributed by atoms with Crippen LogP contribution in [-0.2, 0) is 93.3 Å². The second-order valence-electron chi connectivity index (χ2n) is 0. The fourth-order valence-electron chi connectivity index (χ4n) is 0. The average Bonchev–Trinajstić information content (AvgIpc) is 0. The third kappa shape index (κ3) is 19.6. The minimum absolute atomic E-state index is 0.